The Morgan fingerprint density at radius 3 is 2.05 bits per heavy atom. The topological polar surface area (TPSA) is 79.5 Å². The lowest BCUT2D eigenvalue weighted by Crippen LogP contribution is -2.06. The third kappa shape index (κ3) is 3.10. The minimum atomic E-state index is -0.854. The van der Waals surface area contributed by atoms with Crippen molar-refractivity contribution in [3.05, 3.63) is 35.7 Å². The first-order valence-electron chi connectivity index (χ1n) is 5.86. The summed E-state index contributed by atoms with van der Waals surface area (Å²) in [5, 5.41) is 0. The van der Waals surface area contributed by atoms with Gasteiger partial charge in [0.05, 0.1) is 32.2 Å². The standard InChI is InChI=1S/C13H13F2N3O3/c1-19-9-3-10(20-2)12(15)8(11(9)14)6-21-7-4-17-13(16)18-5-7/h3-5H,6H2,1-2H3,(H2,16,17,18). The molecule has 0 aliphatic carbocycles. The number of hydrogen-bond acceptors (Lipinski definition) is 6. The van der Waals surface area contributed by atoms with E-state index in [4.69, 9.17) is 19.9 Å². The van der Waals surface area contributed by atoms with E-state index < -0.39 is 11.6 Å². The van der Waals surface area contributed by atoms with E-state index in [9.17, 15) is 8.78 Å². The minimum absolute atomic E-state index is 0.0720. The van der Waals surface area contributed by atoms with Crippen molar-refractivity contribution in [2.45, 2.75) is 6.61 Å². The zero-order chi connectivity index (χ0) is 15.4. The fourth-order valence-electron chi connectivity index (χ4n) is 1.62. The van der Waals surface area contributed by atoms with E-state index in [0.717, 1.165) is 6.07 Å². The summed E-state index contributed by atoms with van der Waals surface area (Å²) >= 11 is 0. The van der Waals surface area contributed by atoms with Crippen LogP contribution in [0, 0.1) is 11.6 Å². The van der Waals surface area contributed by atoms with Gasteiger partial charge in [-0.3, -0.25) is 0 Å². The smallest absolute Gasteiger partial charge is 0.220 e. The maximum Gasteiger partial charge on any atom is 0.220 e. The predicted octanol–water partition coefficient (Wildman–Crippen LogP) is 1.93. The second-order valence-electron chi connectivity index (χ2n) is 3.95. The molecule has 0 spiro atoms. The van der Waals surface area contributed by atoms with Crippen LogP contribution in [-0.2, 0) is 6.61 Å². The third-order valence-electron chi connectivity index (χ3n) is 2.70. The Morgan fingerprint density at radius 1 is 1.05 bits per heavy atom. The van der Waals surface area contributed by atoms with Gasteiger partial charge in [-0.1, -0.05) is 0 Å². The fourth-order valence-corrected chi connectivity index (χ4v) is 1.62. The average molecular weight is 297 g/mol. The third-order valence-corrected chi connectivity index (χ3v) is 2.70. The highest BCUT2D eigenvalue weighted by atomic mass is 19.1. The molecule has 6 nitrogen and oxygen atoms in total. The average Bonchev–Trinajstić information content (AvgIpc) is 2.49. The van der Waals surface area contributed by atoms with Crippen molar-refractivity contribution in [1.29, 1.82) is 0 Å². The second kappa shape index (κ2) is 6.21. The molecule has 1 aromatic carbocycles. The molecule has 0 fully saturated rings. The Balaban J connectivity index is 2.28. The van der Waals surface area contributed by atoms with Gasteiger partial charge in [0.25, 0.3) is 0 Å². The van der Waals surface area contributed by atoms with Gasteiger partial charge in [0.15, 0.2) is 28.9 Å². The molecule has 0 saturated heterocycles. The number of aromatic nitrogens is 2. The highest BCUT2D eigenvalue weighted by Crippen LogP contribution is 2.31. The summed E-state index contributed by atoms with van der Waals surface area (Å²) in [4.78, 5) is 7.42. The number of anilines is 1. The van der Waals surface area contributed by atoms with E-state index in [1.165, 1.54) is 26.6 Å². The van der Waals surface area contributed by atoms with Crippen LogP contribution in [0.25, 0.3) is 0 Å². The van der Waals surface area contributed by atoms with E-state index >= 15 is 0 Å². The lowest BCUT2D eigenvalue weighted by atomic mass is 10.1. The van der Waals surface area contributed by atoms with Crippen molar-refractivity contribution < 1.29 is 23.0 Å². The molecular formula is C13H13F2N3O3. The number of benzene rings is 1. The minimum Gasteiger partial charge on any atom is -0.494 e. The van der Waals surface area contributed by atoms with Crippen LogP contribution in [0.2, 0.25) is 0 Å². The SMILES string of the molecule is COc1cc(OC)c(F)c(COc2cnc(N)nc2)c1F. The van der Waals surface area contributed by atoms with Crippen molar-refractivity contribution in [2.24, 2.45) is 0 Å². The number of ether oxygens (including phenoxy) is 3. The molecule has 2 aromatic rings. The number of nitrogen functional groups attached to an aromatic ring is 1. The van der Waals surface area contributed by atoms with Crippen LogP contribution in [0.3, 0.4) is 0 Å². The van der Waals surface area contributed by atoms with Crippen LogP contribution >= 0.6 is 0 Å². The van der Waals surface area contributed by atoms with Gasteiger partial charge in [-0.25, -0.2) is 18.7 Å². The number of nitrogens with two attached hydrogens (primary N) is 1. The molecule has 0 bridgehead atoms. The predicted molar refractivity (Wildman–Crippen MR) is 70.2 cm³/mol. The Bertz CT molecular complexity index is 607. The fraction of sp³-hybridized carbons (Fsp3) is 0.231. The monoisotopic (exact) mass is 297 g/mol. The normalized spacial score (nSPS) is 10.3. The molecule has 2 rings (SSSR count). The van der Waals surface area contributed by atoms with E-state index in [1.54, 1.807) is 0 Å². The quantitative estimate of drug-likeness (QED) is 0.908. The Kier molecular flexibility index (Phi) is 4.36. The highest BCUT2D eigenvalue weighted by molar-refractivity contribution is 5.41. The highest BCUT2D eigenvalue weighted by Gasteiger charge is 2.20. The second-order valence-corrected chi connectivity index (χ2v) is 3.95. The number of methoxy groups -OCH3 is 2. The maximum atomic E-state index is 14.1. The molecule has 1 aromatic heterocycles. The molecular weight excluding hydrogens is 284 g/mol. The van der Waals surface area contributed by atoms with Gasteiger partial charge in [0.2, 0.25) is 5.95 Å². The van der Waals surface area contributed by atoms with Crippen molar-refractivity contribution in [1.82, 2.24) is 9.97 Å². The summed E-state index contributed by atoms with van der Waals surface area (Å²) in [6, 6.07) is 1.13. The molecule has 0 amide bonds. The number of nitrogens with zero attached hydrogens (tertiary/aromatic N) is 2. The zero-order valence-electron chi connectivity index (χ0n) is 11.4. The number of rotatable bonds is 5. The first-order valence-corrected chi connectivity index (χ1v) is 5.86. The van der Waals surface area contributed by atoms with Crippen LogP contribution in [0.5, 0.6) is 17.2 Å². The molecule has 0 aliphatic rings. The largest absolute Gasteiger partial charge is 0.494 e. The van der Waals surface area contributed by atoms with Gasteiger partial charge >= 0.3 is 0 Å². The molecule has 0 aliphatic heterocycles. The van der Waals surface area contributed by atoms with Gasteiger partial charge in [0, 0.05) is 6.07 Å². The first-order chi connectivity index (χ1) is 10.1. The van der Waals surface area contributed by atoms with E-state index in [1.807, 2.05) is 0 Å². The molecule has 8 heteroatoms. The van der Waals surface area contributed by atoms with Crippen molar-refractivity contribution in [2.75, 3.05) is 20.0 Å². The molecule has 0 unspecified atom stereocenters. The zero-order valence-corrected chi connectivity index (χ0v) is 11.4. The van der Waals surface area contributed by atoms with E-state index in [2.05, 4.69) is 9.97 Å². The summed E-state index contributed by atoms with van der Waals surface area (Å²) < 4.78 is 43.0. The van der Waals surface area contributed by atoms with Crippen LogP contribution in [0.1, 0.15) is 5.56 Å². The van der Waals surface area contributed by atoms with Crippen LogP contribution in [-0.4, -0.2) is 24.2 Å². The molecule has 1 heterocycles. The van der Waals surface area contributed by atoms with E-state index in [-0.39, 0.29) is 35.4 Å². The van der Waals surface area contributed by atoms with Gasteiger partial charge in [-0.2, -0.15) is 0 Å². The molecule has 0 radical (unpaired) electrons. The van der Waals surface area contributed by atoms with Crippen LogP contribution in [0.15, 0.2) is 18.5 Å². The summed E-state index contributed by atoms with van der Waals surface area (Å²) in [5.74, 6) is -1.69. The lowest BCUT2D eigenvalue weighted by Gasteiger charge is -2.13. The summed E-state index contributed by atoms with van der Waals surface area (Å²) in [6.07, 6.45) is 2.60. The van der Waals surface area contributed by atoms with Crippen molar-refractivity contribution in [3.8, 4) is 17.2 Å². The van der Waals surface area contributed by atoms with Crippen molar-refractivity contribution >= 4 is 5.95 Å². The van der Waals surface area contributed by atoms with Gasteiger partial charge in [-0.15, -0.1) is 0 Å². The first kappa shape index (κ1) is 14.8. The van der Waals surface area contributed by atoms with Gasteiger partial charge in [0.1, 0.15) is 6.61 Å². The number of halogens is 2. The summed E-state index contributed by atoms with van der Waals surface area (Å²) in [7, 11) is 2.54. The van der Waals surface area contributed by atoms with E-state index in [0.29, 0.717) is 0 Å². The Hall–Kier alpha value is -2.64. The molecule has 0 saturated carbocycles. The molecule has 21 heavy (non-hydrogen) atoms. The number of hydrogen-bond donors (Lipinski definition) is 1. The van der Waals surface area contributed by atoms with Gasteiger partial charge in [-0.05, 0) is 0 Å². The summed E-state index contributed by atoms with van der Waals surface area (Å²) in [5.41, 5.74) is 5.01. The maximum absolute atomic E-state index is 14.1. The Labute approximate surface area is 119 Å². The molecule has 0 atom stereocenters. The lowest BCUT2D eigenvalue weighted by molar-refractivity contribution is 0.280. The van der Waals surface area contributed by atoms with Crippen molar-refractivity contribution in [3.63, 3.8) is 0 Å². The Morgan fingerprint density at radius 2 is 1.57 bits per heavy atom. The summed E-state index contributed by atoms with van der Waals surface area (Å²) in [6.45, 7) is -0.376. The van der Waals surface area contributed by atoms with Crippen LogP contribution in [0.4, 0.5) is 14.7 Å². The van der Waals surface area contributed by atoms with Gasteiger partial charge < -0.3 is 19.9 Å². The van der Waals surface area contributed by atoms with Crippen LogP contribution < -0.4 is 19.9 Å². The molecule has 112 valence electrons. The molecule has 2 N–H and O–H groups in total.